The summed E-state index contributed by atoms with van der Waals surface area (Å²) in [5, 5.41) is 7.59. The minimum atomic E-state index is -0.0340. The first-order chi connectivity index (χ1) is 6.84. The second-order valence-electron chi connectivity index (χ2n) is 3.05. The van der Waals surface area contributed by atoms with Gasteiger partial charge in [0.1, 0.15) is 12.2 Å². The molecule has 0 radical (unpaired) electrons. The molecule has 0 bridgehead atoms. The monoisotopic (exact) mass is 190 g/mol. The molecule has 2 aliphatic rings. The van der Waals surface area contributed by atoms with E-state index in [1.54, 1.807) is 12.1 Å². The lowest BCUT2D eigenvalue weighted by Crippen LogP contribution is -2.06. The van der Waals surface area contributed by atoms with Gasteiger partial charge in [-0.25, -0.2) is 0 Å². The van der Waals surface area contributed by atoms with Crippen molar-refractivity contribution in [3.05, 3.63) is 17.7 Å². The first-order valence-electron chi connectivity index (χ1n) is 4.19. The molecular weight excluding hydrogens is 184 g/mol. The molecular formula is C9H6N2O3. The van der Waals surface area contributed by atoms with Gasteiger partial charge in [0.15, 0.2) is 17.3 Å². The van der Waals surface area contributed by atoms with Crippen molar-refractivity contribution in [2.24, 2.45) is 10.2 Å². The topological polar surface area (TPSA) is 60.2 Å². The van der Waals surface area contributed by atoms with E-state index in [2.05, 4.69) is 10.2 Å². The maximum Gasteiger partial charge on any atom is 0.231 e. The number of Topliss-reactive ketones (excluding diaryl/α,β-unsaturated/α-hetero) is 1. The lowest BCUT2D eigenvalue weighted by atomic mass is 10.1. The summed E-state index contributed by atoms with van der Waals surface area (Å²) in [6, 6.07) is 3.34. The molecule has 0 unspecified atom stereocenters. The van der Waals surface area contributed by atoms with Crippen molar-refractivity contribution < 1.29 is 14.3 Å². The van der Waals surface area contributed by atoms with E-state index >= 15 is 0 Å². The van der Waals surface area contributed by atoms with E-state index in [9.17, 15) is 4.79 Å². The lowest BCUT2D eigenvalue weighted by molar-refractivity contribution is 0.0997. The highest BCUT2D eigenvalue weighted by molar-refractivity contribution is 6.03. The Morgan fingerprint density at radius 1 is 1.21 bits per heavy atom. The lowest BCUT2D eigenvalue weighted by Gasteiger charge is -2.07. The van der Waals surface area contributed by atoms with Crippen LogP contribution in [0.3, 0.4) is 0 Å². The molecule has 0 saturated carbocycles. The maximum atomic E-state index is 11.4. The van der Waals surface area contributed by atoms with Crippen LogP contribution < -0.4 is 9.47 Å². The number of ketones is 1. The van der Waals surface area contributed by atoms with E-state index < -0.39 is 0 Å². The van der Waals surface area contributed by atoms with E-state index in [0.29, 0.717) is 22.7 Å². The van der Waals surface area contributed by atoms with E-state index in [0.717, 1.165) is 0 Å². The first kappa shape index (κ1) is 7.49. The Kier molecular flexibility index (Phi) is 1.36. The van der Waals surface area contributed by atoms with Crippen LogP contribution in [-0.2, 0) is 0 Å². The number of carbonyl (C=O) groups excluding carboxylic acids is 1. The number of carbonyl (C=O) groups is 1. The maximum absolute atomic E-state index is 11.4. The van der Waals surface area contributed by atoms with Crippen molar-refractivity contribution >= 4 is 11.5 Å². The number of rotatable bonds is 0. The van der Waals surface area contributed by atoms with Crippen molar-refractivity contribution in [2.75, 3.05) is 13.3 Å². The Balaban J connectivity index is 2.23. The van der Waals surface area contributed by atoms with Gasteiger partial charge in [-0.3, -0.25) is 4.79 Å². The van der Waals surface area contributed by atoms with Crippen molar-refractivity contribution in [2.45, 2.75) is 0 Å². The number of hydrogen-bond acceptors (Lipinski definition) is 5. The Morgan fingerprint density at radius 3 is 2.86 bits per heavy atom. The Hall–Kier alpha value is -1.91. The van der Waals surface area contributed by atoms with E-state index in [-0.39, 0.29) is 19.1 Å². The van der Waals surface area contributed by atoms with Gasteiger partial charge in [-0.1, -0.05) is 0 Å². The molecule has 0 amide bonds. The molecule has 2 heterocycles. The third-order valence-electron chi connectivity index (χ3n) is 2.18. The van der Waals surface area contributed by atoms with Crippen LogP contribution in [0.5, 0.6) is 11.5 Å². The Morgan fingerprint density at radius 2 is 2.00 bits per heavy atom. The highest BCUT2D eigenvalue weighted by Gasteiger charge is 2.22. The number of hydrogen-bond donors (Lipinski definition) is 0. The van der Waals surface area contributed by atoms with Gasteiger partial charge < -0.3 is 9.47 Å². The van der Waals surface area contributed by atoms with Crippen LogP contribution in [-0.4, -0.2) is 19.1 Å². The molecule has 3 rings (SSSR count). The first-order valence-corrected chi connectivity index (χ1v) is 4.19. The largest absolute Gasteiger partial charge is 0.454 e. The average Bonchev–Trinajstić information content (AvgIpc) is 2.62. The van der Waals surface area contributed by atoms with Crippen molar-refractivity contribution in [3.63, 3.8) is 0 Å². The predicted molar refractivity (Wildman–Crippen MR) is 46.3 cm³/mol. The van der Waals surface area contributed by atoms with Crippen molar-refractivity contribution in [3.8, 4) is 11.5 Å². The zero-order valence-corrected chi connectivity index (χ0v) is 7.19. The van der Waals surface area contributed by atoms with Gasteiger partial charge in [-0.2, -0.15) is 10.2 Å². The summed E-state index contributed by atoms with van der Waals surface area (Å²) in [6.07, 6.45) is 0. The molecule has 0 aromatic heterocycles. The summed E-state index contributed by atoms with van der Waals surface area (Å²) in [6.45, 7) is 0.316. The van der Waals surface area contributed by atoms with Crippen LogP contribution in [0.15, 0.2) is 22.4 Å². The molecule has 5 heteroatoms. The number of ether oxygens (including phenoxy) is 2. The third kappa shape index (κ3) is 0.921. The summed E-state index contributed by atoms with van der Waals surface area (Å²) in [7, 11) is 0. The molecule has 0 spiro atoms. The van der Waals surface area contributed by atoms with Gasteiger partial charge in [0, 0.05) is 6.07 Å². The van der Waals surface area contributed by atoms with E-state index in [4.69, 9.17) is 9.47 Å². The van der Waals surface area contributed by atoms with Crippen molar-refractivity contribution in [1.29, 1.82) is 0 Å². The van der Waals surface area contributed by atoms with Gasteiger partial charge in [0.05, 0.1) is 5.56 Å². The molecule has 1 aromatic carbocycles. The van der Waals surface area contributed by atoms with Crippen LogP contribution in [0.2, 0.25) is 0 Å². The highest BCUT2D eigenvalue weighted by atomic mass is 16.7. The molecule has 0 N–H and O–H groups in total. The van der Waals surface area contributed by atoms with Crippen molar-refractivity contribution in [1.82, 2.24) is 0 Å². The zero-order chi connectivity index (χ0) is 9.54. The van der Waals surface area contributed by atoms with Crippen LogP contribution in [0.1, 0.15) is 10.4 Å². The highest BCUT2D eigenvalue weighted by Crippen LogP contribution is 2.39. The van der Waals surface area contributed by atoms with Gasteiger partial charge in [0.25, 0.3) is 0 Å². The average molecular weight is 190 g/mol. The molecule has 0 fully saturated rings. The smallest absolute Gasteiger partial charge is 0.231 e. The Bertz CT molecular complexity index is 454. The van der Waals surface area contributed by atoms with Crippen LogP contribution in [0.25, 0.3) is 0 Å². The van der Waals surface area contributed by atoms with Gasteiger partial charge in [-0.05, 0) is 6.07 Å². The normalized spacial score (nSPS) is 17.0. The number of fused-ring (bicyclic) bond motifs is 2. The molecule has 0 aliphatic carbocycles. The minimum Gasteiger partial charge on any atom is -0.454 e. The molecule has 0 atom stereocenters. The second kappa shape index (κ2) is 2.54. The molecule has 5 nitrogen and oxygen atoms in total. The molecule has 14 heavy (non-hydrogen) atoms. The molecule has 70 valence electrons. The van der Waals surface area contributed by atoms with E-state index in [1.807, 2.05) is 0 Å². The second-order valence-corrected chi connectivity index (χ2v) is 3.05. The summed E-state index contributed by atoms with van der Waals surface area (Å²) in [5.41, 5.74) is 1.12. The summed E-state index contributed by atoms with van der Waals surface area (Å²) < 4.78 is 10.3. The standard InChI is InChI=1S/C9H6N2O3/c12-7-3-10-11-6-2-9-8(1-5(6)7)13-4-14-9/h1-2H,3-4H2. The fourth-order valence-corrected chi connectivity index (χ4v) is 1.50. The number of azo groups is 1. The predicted octanol–water partition coefficient (Wildman–Crippen LogP) is 1.70. The zero-order valence-electron chi connectivity index (χ0n) is 7.19. The summed E-state index contributed by atoms with van der Waals surface area (Å²) >= 11 is 0. The minimum absolute atomic E-state index is 0.0340. The van der Waals surface area contributed by atoms with Crippen LogP contribution in [0, 0.1) is 0 Å². The molecule has 1 aromatic rings. The third-order valence-corrected chi connectivity index (χ3v) is 2.18. The molecule has 0 saturated heterocycles. The van der Waals surface area contributed by atoms with Crippen LogP contribution in [0.4, 0.5) is 5.69 Å². The summed E-state index contributed by atoms with van der Waals surface area (Å²) in [4.78, 5) is 11.4. The number of nitrogens with zero attached hydrogens (tertiary/aromatic N) is 2. The fraction of sp³-hybridized carbons (Fsp3) is 0.222. The SMILES string of the molecule is O=C1CN=Nc2cc3c(cc21)OCO3. The quantitative estimate of drug-likeness (QED) is 0.625. The van der Waals surface area contributed by atoms with Gasteiger partial charge >= 0.3 is 0 Å². The Labute approximate surface area is 79.3 Å². The van der Waals surface area contributed by atoms with Crippen LogP contribution >= 0.6 is 0 Å². The summed E-state index contributed by atoms with van der Waals surface area (Å²) in [5.74, 6) is 1.19. The van der Waals surface area contributed by atoms with Gasteiger partial charge in [-0.15, -0.1) is 0 Å². The van der Waals surface area contributed by atoms with Gasteiger partial charge in [0.2, 0.25) is 6.79 Å². The molecule has 2 aliphatic heterocycles. The number of benzene rings is 1. The fourth-order valence-electron chi connectivity index (χ4n) is 1.50. The van der Waals surface area contributed by atoms with E-state index in [1.165, 1.54) is 0 Å².